The van der Waals surface area contributed by atoms with Gasteiger partial charge in [0.2, 0.25) is 0 Å². The van der Waals surface area contributed by atoms with Crippen molar-refractivity contribution in [1.82, 2.24) is 10.0 Å². The number of rotatable bonds is 3. The van der Waals surface area contributed by atoms with Gasteiger partial charge in [0.1, 0.15) is 0 Å². The van der Waals surface area contributed by atoms with Crippen molar-refractivity contribution in [3.05, 3.63) is 24.4 Å². The number of hydrogen-bond acceptors (Lipinski definition) is 5. The average molecular weight is 266 g/mol. The van der Waals surface area contributed by atoms with Gasteiger partial charge in [-0.3, -0.25) is 4.79 Å². The lowest BCUT2D eigenvalue weighted by Gasteiger charge is -2.39. The Morgan fingerprint density at radius 2 is 2.17 bits per heavy atom. The standard InChI is InChI=1S/C12H14N2O3S/c1-9(15)12(11(16)17)7-10(18)8-14(12)13-5-3-2-4-6-13/h2-5H,6-8H2,1H3,(H,16,17)/t12-/m1/s1. The van der Waals surface area contributed by atoms with Gasteiger partial charge in [-0.25, -0.2) is 4.79 Å². The average Bonchev–Trinajstić information content (AvgIpc) is 2.69. The third-order valence-electron chi connectivity index (χ3n) is 3.26. The van der Waals surface area contributed by atoms with Crippen LogP contribution in [0.4, 0.5) is 0 Å². The van der Waals surface area contributed by atoms with Gasteiger partial charge in [-0.1, -0.05) is 24.4 Å². The van der Waals surface area contributed by atoms with Gasteiger partial charge >= 0.3 is 5.97 Å². The maximum Gasteiger partial charge on any atom is 0.334 e. The highest BCUT2D eigenvalue weighted by molar-refractivity contribution is 7.80. The first kappa shape index (κ1) is 12.9. The van der Waals surface area contributed by atoms with Gasteiger partial charge in [-0.05, 0) is 13.0 Å². The molecular weight excluding hydrogens is 252 g/mol. The molecule has 0 saturated carbocycles. The summed E-state index contributed by atoms with van der Waals surface area (Å²) >= 11 is 5.13. The number of carboxylic acids is 1. The van der Waals surface area contributed by atoms with Crippen LogP contribution in [0.15, 0.2) is 24.4 Å². The lowest BCUT2D eigenvalue weighted by Crippen LogP contribution is -2.60. The lowest BCUT2D eigenvalue weighted by atomic mass is 9.92. The van der Waals surface area contributed by atoms with E-state index >= 15 is 0 Å². The van der Waals surface area contributed by atoms with Crippen LogP contribution in [0.3, 0.4) is 0 Å². The number of nitrogens with zero attached hydrogens (tertiary/aromatic N) is 2. The van der Waals surface area contributed by atoms with Crippen LogP contribution in [0.1, 0.15) is 13.3 Å². The molecule has 18 heavy (non-hydrogen) atoms. The summed E-state index contributed by atoms with van der Waals surface area (Å²) in [6.07, 6.45) is 7.43. The van der Waals surface area contributed by atoms with Crippen molar-refractivity contribution in [1.29, 1.82) is 0 Å². The van der Waals surface area contributed by atoms with E-state index in [1.54, 1.807) is 22.3 Å². The van der Waals surface area contributed by atoms with Crippen molar-refractivity contribution in [3.63, 3.8) is 0 Å². The molecular formula is C12H14N2O3S. The Hall–Kier alpha value is -1.53. The van der Waals surface area contributed by atoms with E-state index in [4.69, 9.17) is 12.2 Å². The molecule has 2 rings (SSSR count). The van der Waals surface area contributed by atoms with Gasteiger partial charge in [0.05, 0.1) is 13.1 Å². The molecule has 2 heterocycles. The van der Waals surface area contributed by atoms with E-state index in [1.807, 2.05) is 12.2 Å². The fraction of sp³-hybridized carbons (Fsp3) is 0.417. The highest BCUT2D eigenvalue weighted by atomic mass is 32.1. The van der Waals surface area contributed by atoms with Gasteiger partial charge in [-0.15, -0.1) is 0 Å². The fourth-order valence-electron chi connectivity index (χ4n) is 2.32. The number of carbonyl (C=O) groups excluding carboxylic acids is 1. The molecule has 1 fully saturated rings. The minimum absolute atomic E-state index is 0.0983. The number of allylic oxidation sites excluding steroid dienone is 2. The smallest absolute Gasteiger partial charge is 0.334 e. The number of aliphatic carboxylic acids is 1. The number of Topliss-reactive ketones (excluding diaryl/α,β-unsaturated/α-hetero) is 1. The van der Waals surface area contributed by atoms with E-state index in [-0.39, 0.29) is 6.42 Å². The van der Waals surface area contributed by atoms with Crippen LogP contribution in [-0.2, 0) is 9.59 Å². The minimum Gasteiger partial charge on any atom is -0.479 e. The Kier molecular flexibility index (Phi) is 3.32. The van der Waals surface area contributed by atoms with Crippen LogP contribution in [-0.4, -0.2) is 50.4 Å². The number of carbonyl (C=O) groups is 2. The molecule has 96 valence electrons. The first-order valence-corrected chi connectivity index (χ1v) is 6.03. The first-order valence-electron chi connectivity index (χ1n) is 5.62. The maximum absolute atomic E-state index is 11.9. The van der Waals surface area contributed by atoms with Crippen LogP contribution in [0.2, 0.25) is 0 Å². The lowest BCUT2D eigenvalue weighted by molar-refractivity contribution is -0.165. The molecule has 0 unspecified atom stereocenters. The van der Waals surface area contributed by atoms with E-state index in [0.29, 0.717) is 18.0 Å². The van der Waals surface area contributed by atoms with Crippen LogP contribution < -0.4 is 0 Å². The number of hydrogen-bond donors (Lipinski definition) is 1. The molecule has 0 radical (unpaired) electrons. The quantitative estimate of drug-likeness (QED) is 0.601. The predicted octanol–water partition coefficient (Wildman–Crippen LogP) is 0.775. The second-order valence-corrected chi connectivity index (χ2v) is 4.96. The van der Waals surface area contributed by atoms with Crippen molar-refractivity contribution in [3.8, 4) is 0 Å². The van der Waals surface area contributed by atoms with Crippen LogP contribution in [0.25, 0.3) is 0 Å². The highest BCUT2D eigenvalue weighted by Gasteiger charge is 2.55. The molecule has 0 aromatic rings. The topological polar surface area (TPSA) is 60.9 Å². The largest absolute Gasteiger partial charge is 0.479 e. The Morgan fingerprint density at radius 3 is 2.67 bits per heavy atom. The zero-order valence-corrected chi connectivity index (χ0v) is 10.8. The molecule has 1 saturated heterocycles. The number of thiocarbonyl (C=S) groups is 1. The SMILES string of the molecule is CC(=O)[C@@]1(C(=O)O)CC(=S)CN1N1C=CC=CC1. The Bertz CT molecular complexity index is 456. The molecule has 0 spiro atoms. The zero-order chi connectivity index (χ0) is 13.3. The molecule has 0 aliphatic carbocycles. The molecule has 2 aliphatic rings. The summed E-state index contributed by atoms with van der Waals surface area (Å²) in [5.41, 5.74) is -1.55. The molecule has 1 N–H and O–H groups in total. The summed E-state index contributed by atoms with van der Waals surface area (Å²) in [4.78, 5) is 24.0. The highest BCUT2D eigenvalue weighted by Crippen LogP contribution is 2.31. The van der Waals surface area contributed by atoms with Crippen LogP contribution >= 0.6 is 12.2 Å². The number of hydrazine groups is 1. The van der Waals surface area contributed by atoms with Crippen molar-refractivity contribution in [2.75, 3.05) is 13.1 Å². The van der Waals surface area contributed by atoms with Gasteiger partial charge in [0.15, 0.2) is 11.3 Å². The fourth-order valence-corrected chi connectivity index (χ4v) is 2.65. The molecule has 0 bridgehead atoms. The van der Waals surface area contributed by atoms with Gasteiger partial charge in [0, 0.05) is 17.5 Å². The van der Waals surface area contributed by atoms with E-state index in [0.717, 1.165) is 0 Å². The summed E-state index contributed by atoms with van der Waals surface area (Å²) in [6.45, 7) is 2.17. The molecule has 0 aromatic heterocycles. The van der Waals surface area contributed by atoms with Crippen molar-refractivity contribution < 1.29 is 14.7 Å². The normalized spacial score (nSPS) is 27.8. The van der Waals surface area contributed by atoms with E-state index in [2.05, 4.69) is 0 Å². The van der Waals surface area contributed by atoms with Gasteiger partial charge in [0.25, 0.3) is 0 Å². The third kappa shape index (κ3) is 1.87. The summed E-state index contributed by atoms with van der Waals surface area (Å²) in [7, 11) is 0. The summed E-state index contributed by atoms with van der Waals surface area (Å²) in [5.74, 6) is -1.53. The van der Waals surface area contributed by atoms with Crippen LogP contribution in [0, 0.1) is 0 Å². The van der Waals surface area contributed by atoms with Crippen molar-refractivity contribution in [2.45, 2.75) is 18.9 Å². The molecule has 0 amide bonds. The Labute approximate surface area is 110 Å². The second kappa shape index (κ2) is 4.62. The van der Waals surface area contributed by atoms with Gasteiger partial charge in [-0.2, -0.15) is 5.01 Å². The third-order valence-corrected chi connectivity index (χ3v) is 3.54. The minimum atomic E-state index is -1.55. The summed E-state index contributed by atoms with van der Waals surface area (Å²) in [5, 5.41) is 12.7. The van der Waals surface area contributed by atoms with Gasteiger partial charge < -0.3 is 10.1 Å². The number of carboxylic acid groups (broad SMARTS) is 1. The van der Waals surface area contributed by atoms with E-state index < -0.39 is 17.3 Å². The molecule has 2 aliphatic heterocycles. The zero-order valence-electron chi connectivity index (χ0n) is 10.00. The maximum atomic E-state index is 11.9. The monoisotopic (exact) mass is 266 g/mol. The Morgan fingerprint density at radius 1 is 1.44 bits per heavy atom. The van der Waals surface area contributed by atoms with Crippen molar-refractivity contribution in [2.24, 2.45) is 0 Å². The van der Waals surface area contributed by atoms with Crippen molar-refractivity contribution >= 4 is 28.8 Å². The summed E-state index contributed by atoms with van der Waals surface area (Å²) < 4.78 is 0. The Balaban J connectivity index is 2.40. The molecule has 0 aromatic carbocycles. The molecule has 6 heteroatoms. The molecule has 5 nitrogen and oxygen atoms in total. The van der Waals surface area contributed by atoms with Crippen LogP contribution in [0.5, 0.6) is 0 Å². The van der Waals surface area contributed by atoms with E-state index in [1.165, 1.54) is 6.92 Å². The number of ketones is 1. The van der Waals surface area contributed by atoms with E-state index in [9.17, 15) is 14.7 Å². The second-order valence-electron chi connectivity index (χ2n) is 4.39. The predicted molar refractivity (Wildman–Crippen MR) is 70.0 cm³/mol. The summed E-state index contributed by atoms with van der Waals surface area (Å²) in [6, 6.07) is 0. The molecule has 1 atom stereocenters. The first-order chi connectivity index (χ1) is 8.48.